The first kappa shape index (κ1) is 32.8. The van der Waals surface area contributed by atoms with Gasteiger partial charge in [0.2, 0.25) is 0 Å². The van der Waals surface area contributed by atoms with E-state index in [1.165, 1.54) is 27.8 Å². The molecule has 3 heteroatoms. The first-order valence-corrected chi connectivity index (χ1v) is 19.3. The van der Waals surface area contributed by atoms with Crippen molar-refractivity contribution in [2.45, 2.75) is 0 Å². The second-order valence-electron chi connectivity index (χ2n) is 14.5. The molecule has 0 N–H and O–H groups in total. The molecule has 0 amide bonds. The largest absolute Gasteiger partial charge is 0.456 e. The monoisotopic (exact) mass is 729 g/mol. The Morgan fingerprint density at radius 3 is 0.877 bits per heavy atom. The van der Waals surface area contributed by atoms with Crippen molar-refractivity contribution in [2.24, 2.45) is 0 Å². The van der Waals surface area contributed by atoms with E-state index in [0.717, 1.165) is 77.6 Å². The Hall–Kier alpha value is -7.62. The molecule has 3 nitrogen and oxygen atoms in total. The van der Waals surface area contributed by atoms with Crippen LogP contribution in [0.25, 0.3) is 88.4 Å². The quantitative estimate of drug-likeness (QED) is 0.164. The van der Waals surface area contributed by atoms with Gasteiger partial charge in [-0.15, -0.1) is 0 Å². The van der Waals surface area contributed by atoms with Crippen LogP contribution in [0.5, 0.6) is 0 Å². The summed E-state index contributed by atoms with van der Waals surface area (Å²) in [6.45, 7) is 0. The van der Waals surface area contributed by atoms with Gasteiger partial charge in [-0.1, -0.05) is 140 Å². The summed E-state index contributed by atoms with van der Waals surface area (Å²) >= 11 is 0. The van der Waals surface area contributed by atoms with E-state index in [2.05, 4.69) is 211 Å². The molecule has 2 heterocycles. The Bertz CT molecular complexity index is 3100. The minimum absolute atomic E-state index is 0.852. The minimum Gasteiger partial charge on any atom is -0.456 e. The summed E-state index contributed by atoms with van der Waals surface area (Å²) in [6, 6.07) is 75.1. The number of nitrogens with zero attached hydrogens (tertiary/aromatic N) is 1. The lowest BCUT2D eigenvalue weighted by molar-refractivity contribution is 0.664. The van der Waals surface area contributed by atoms with Crippen molar-refractivity contribution >= 4 is 60.9 Å². The normalized spacial score (nSPS) is 11.5. The van der Waals surface area contributed by atoms with Gasteiger partial charge < -0.3 is 13.7 Å². The molecule has 2 aromatic heterocycles. The molecular formula is C54H35NO2. The fourth-order valence-corrected chi connectivity index (χ4v) is 8.15. The van der Waals surface area contributed by atoms with Gasteiger partial charge in [-0.25, -0.2) is 0 Å². The molecule has 0 fully saturated rings. The van der Waals surface area contributed by atoms with Gasteiger partial charge >= 0.3 is 0 Å². The molecule has 0 saturated heterocycles. The average molecular weight is 730 g/mol. The number of fused-ring (bicyclic) bond motifs is 6. The maximum Gasteiger partial charge on any atom is 0.136 e. The Kier molecular flexibility index (Phi) is 7.82. The van der Waals surface area contributed by atoms with E-state index in [1.807, 2.05) is 6.07 Å². The third-order valence-electron chi connectivity index (χ3n) is 11.1. The van der Waals surface area contributed by atoms with Crippen molar-refractivity contribution in [1.29, 1.82) is 0 Å². The number of hydrogen-bond acceptors (Lipinski definition) is 3. The third-order valence-corrected chi connectivity index (χ3v) is 11.1. The summed E-state index contributed by atoms with van der Waals surface area (Å²) in [4.78, 5) is 2.32. The van der Waals surface area contributed by atoms with Gasteiger partial charge in [0.05, 0.1) is 0 Å². The van der Waals surface area contributed by atoms with Crippen LogP contribution in [0.1, 0.15) is 0 Å². The van der Waals surface area contributed by atoms with E-state index in [1.54, 1.807) is 0 Å². The Labute approximate surface area is 330 Å². The Morgan fingerprint density at radius 2 is 0.509 bits per heavy atom. The van der Waals surface area contributed by atoms with Crippen LogP contribution >= 0.6 is 0 Å². The lowest BCUT2D eigenvalue weighted by atomic mass is 10.0. The van der Waals surface area contributed by atoms with E-state index in [9.17, 15) is 0 Å². The van der Waals surface area contributed by atoms with Crippen molar-refractivity contribution < 1.29 is 8.83 Å². The molecule has 0 aliphatic rings. The van der Waals surface area contributed by atoms with E-state index >= 15 is 0 Å². The van der Waals surface area contributed by atoms with E-state index in [-0.39, 0.29) is 0 Å². The highest BCUT2D eigenvalue weighted by atomic mass is 16.3. The topological polar surface area (TPSA) is 29.5 Å². The standard InChI is InChI=1S/C54H35NO2/c1-4-10-36(11-5-1)39-16-24-44(25-17-39)55(45-26-18-40(19-27-45)37-12-6-2-7-13-37)46-28-20-41(21-29-46)43-23-31-52-48(33-43)50-35-53-49(34-54(50)57-52)47-32-42(22-30-51(47)56-53)38-14-8-3-9-15-38/h1-35H. The highest BCUT2D eigenvalue weighted by Gasteiger charge is 2.17. The fourth-order valence-electron chi connectivity index (χ4n) is 8.15. The average Bonchev–Trinajstić information content (AvgIpc) is 3.83. The van der Waals surface area contributed by atoms with Crippen LogP contribution in [0.15, 0.2) is 221 Å². The van der Waals surface area contributed by atoms with Gasteiger partial charge in [0.25, 0.3) is 0 Å². The smallest absolute Gasteiger partial charge is 0.136 e. The molecule has 9 aromatic carbocycles. The predicted molar refractivity (Wildman–Crippen MR) is 237 cm³/mol. The SMILES string of the molecule is c1ccc(-c2ccc(N(c3ccc(-c4ccccc4)cc3)c3ccc(-c4ccc5oc6cc7c(cc6c5c4)oc4ccc(-c5ccccc5)cc47)cc3)cc2)cc1. The molecular weight excluding hydrogens is 695 g/mol. The van der Waals surface area contributed by atoms with Gasteiger partial charge in [-0.05, 0) is 117 Å². The predicted octanol–water partition coefficient (Wildman–Crippen LogP) is 15.6. The molecule has 268 valence electrons. The lowest BCUT2D eigenvalue weighted by Crippen LogP contribution is -2.09. The molecule has 0 spiro atoms. The maximum atomic E-state index is 6.46. The molecule has 0 unspecified atom stereocenters. The number of anilines is 3. The summed E-state index contributed by atoms with van der Waals surface area (Å²) in [7, 11) is 0. The fraction of sp³-hybridized carbons (Fsp3) is 0. The van der Waals surface area contributed by atoms with Crippen LogP contribution in [0.4, 0.5) is 17.1 Å². The van der Waals surface area contributed by atoms with Crippen molar-refractivity contribution in [3.05, 3.63) is 212 Å². The molecule has 0 radical (unpaired) electrons. The molecule has 11 rings (SSSR count). The molecule has 0 atom stereocenters. The minimum atomic E-state index is 0.852. The molecule has 0 aliphatic carbocycles. The summed E-state index contributed by atoms with van der Waals surface area (Å²) < 4.78 is 12.9. The van der Waals surface area contributed by atoms with Crippen molar-refractivity contribution in [2.75, 3.05) is 4.90 Å². The summed E-state index contributed by atoms with van der Waals surface area (Å²) in [6.07, 6.45) is 0. The van der Waals surface area contributed by atoms with Crippen molar-refractivity contribution in [3.8, 4) is 44.5 Å². The number of hydrogen-bond donors (Lipinski definition) is 0. The van der Waals surface area contributed by atoms with Gasteiger partial charge in [-0.3, -0.25) is 0 Å². The third kappa shape index (κ3) is 5.94. The van der Waals surface area contributed by atoms with Crippen LogP contribution in [-0.4, -0.2) is 0 Å². The second kappa shape index (κ2) is 13.6. The van der Waals surface area contributed by atoms with Gasteiger partial charge in [0.1, 0.15) is 22.3 Å². The summed E-state index contributed by atoms with van der Waals surface area (Å²) in [5.74, 6) is 0. The zero-order chi connectivity index (χ0) is 37.7. The second-order valence-corrected chi connectivity index (χ2v) is 14.5. The highest BCUT2D eigenvalue weighted by molar-refractivity contribution is 6.15. The molecule has 0 aliphatic heterocycles. The zero-order valence-corrected chi connectivity index (χ0v) is 31.0. The summed E-state index contributed by atoms with van der Waals surface area (Å²) in [5.41, 5.74) is 16.1. The van der Waals surface area contributed by atoms with Crippen LogP contribution in [0.3, 0.4) is 0 Å². The number of furan rings is 2. The van der Waals surface area contributed by atoms with Crippen molar-refractivity contribution in [3.63, 3.8) is 0 Å². The zero-order valence-electron chi connectivity index (χ0n) is 31.0. The Morgan fingerprint density at radius 1 is 0.228 bits per heavy atom. The molecule has 11 aromatic rings. The lowest BCUT2D eigenvalue weighted by Gasteiger charge is -2.26. The van der Waals surface area contributed by atoms with E-state index < -0.39 is 0 Å². The maximum absolute atomic E-state index is 6.46. The molecule has 0 bridgehead atoms. The van der Waals surface area contributed by atoms with E-state index in [4.69, 9.17) is 8.83 Å². The van der Waals surface area contributed by atoms with Crippen LogP contribution in [0, 0.1) is 0 Å². The number of rotatable bonds is 7. The highest BCUT2D eigenvalue weighted by Crippen LogP contribution is 2.41. The van der Waals surface area contributed by atoms with Crippen LogP contribution in [-0.2, 0) is 0 Å². The first-order chi connectivity index (χ1) is 28.2. The first-order valence-electron chi connectivity index (χ1n) is 19.3. The number of benzene rings is 9. The van der Waals surface area contributed by atoms with Crippen molar-refractivity contribution in [1.82, 2.24) is 0 Å². The van der Waals surface area contributed by atoms with Crippen LogP contribution < -0.4 is 4.90 Å². The Balaban J connectivity index is 0.950. The van der Waals surface area contributed by atoms with E-state index in [0.29, 0.717) is 0 Å². The van der Waals surface area contributed by atoms with Gasteiger partial charge in [0, 0.05) is 38.6 Å². The van der Waals surface area contributed by atoms with Gasteiger partial charge in [-0.2, -0.15) is 0 Å². The molecule has 0 saturated carbocycles. The van der Waals surface area contributed by atoms with Crippen LogP contribution in [0.2, 0.25) is 0 Å². The summed E-state index contributed by atoms with van der Waals surface area (Å²) in [5, 5.41) is 4.25. The van der Waals surface area contributed by atoms with Gasteiger partial charge in [0.15, 0.2) is 0 Å². The molecule has 57 heavy (non-hydrogen) atoms.